The number of hydrogen-bond acceptors (Lipinski definition) is 9. The summed E-state index contributed by atoms with van der Waals surface area (Å²) >= 11 is 0. The number of alkyl halides is 1. The van der Waals surface area contributed by atoms with Crippen LogP contribution in [0, 0.1) is 11.3 Å². The molecule has 216 valence electrons. The third kappa shape index (κ3) is 4.26. The molecule has 4 aliphatic heterocycles. The molecule has 1 aromatic heterocycles. The second-order valence-corrected chi connectivity index (χ2v) is 12.2. The number of amides is 1. The first-order valence-electron chi connectivity index (χ1n) is 14.6. The monoisotopic (exact) mass is 562 g/mol. The zero-order valence-corrected chi connectivity index (χ0v) is 23.3. The van der Waals surface area contributed by atoms with Crippen molar-refractivity contribution in [2.45, 2.75) is 75.3 Å². The number of rotatable bonds is 4. The summed E-state index contributed by atoms with van der Waals surface area (Å²) in [7, 11) is 0. The average molecular weight is 563 g/mol. The van der Waals surface area contributed by atoms with Crippen molar-refractivity contribution in [3.63, 3.8) is 0 Å². The van der Waals surface area contributed by atoms with E-state index in [2.05, 4.69) is 17.9 Å². The van der Waals surface area contributed by atoms with Gasteiger partial charge in [-0.25, -0.2) is 4.39 Å². The second kappa shape index (κ2) is 9.89. The van der Waals surface area contributed by atoms with Crippen molar-refractivity contribution in [1.29, 1.82) is 5.26 Å². The van der Waals surface area contributed by atoms with Crippen LogP contribution in [0.1, 0.15) is 72.9 Å². The number of benzene rings is 1. The van der Waals surface area contributed by atoms with Crippen molar-refractivity contribution < 1.29 is 23.4 Å². The van der Waals surface area contributed by atoms with E-state index >= 15 is 0 Å². The van der Waals surface area contributed by atoms with E-state index in [0.717, 1.165) is 48.2 Å². The number of anilines is 2. The lowest BCUT2D eigenvalue weighted by molar-refractivity contribution is -0.125. The van der Waals surface area contributed by atoms with E-state index in [0.29, 0.717) is 62.6 Å². The highest BCUT2D eigenvalue weighted by Gasteiger charge is 2.50. The van der Waals surface area contributed by atoms with E-state index in [-0.39, 0.29) is 36.6 Å². The van der Waals surface area contributed by atoms with Crippen LogP contribution >= 0.6 is 0 Å². The molecule has 41 heavy (non-hydrogen) atoms. The number of hydrogen-bond donors (Lipinski definition) is 1. The van der Waals surface area contributed by atoms with Crippen molar-refractivity contribution in [3.8, 4) is 12.1 Å². The maximum Gasteiger partial charge on any atom is 0.318 e. The summed E-state index contributed by atoms with van der Waals surface area (Å²) in [6, 6.07) is 6.32. The molecule has 1 spiro atoms. The lowest BCUT2D eigenvalue weighted by Gasteiger charge is -2.45. The fourth-order valence-corrected chi connectivity index (χ4v) is 7.71. The molecule has 3 fully saturated rings. The van der Waals surface area contributed by atoms with Gasteiger partial charge < -0.3 is 19.9 Å². The van der Waals surface area contributed by atoms with Crippen LogP contribution in [0.4, 0.5) is 15.9 Å². The number of nitrogens with zero attached hydrogens (tertiary/aromatic N) is 5. The predicted molar refractivity (Wildman–Crippen MR) is 147 cm³/mol. The smallest absolute Gasteiger partial charge is 0.318 e. The molecule has 3 saturated heterocycles. The van der Waals surface area contributed by atoms with Crippen LogP contribution in [0.5, 0.6) is 6.01 Å². The highest BCUT2D eigenvalue weighted by Crippen LogP contribution is 2.51. The molecule has 4 unspecified atom stereocenters. The number of halogens is 1. The van der Waals surface area contributed by atoms with Gasteiger partial charge in [0, 0.05) is 36.2 Å². The van der Waals surface area contributed by atoms with Crippen LogP contribution in [0.15, 0.2) is 12.1 Å². The van der Waals surface area contributed by atoms with E-state index in [4.69, 9.17) is 29.9 Å². The molecule has 10 nitrogen and oxygen atoms in total. The summed E-state index contributed by atoms with van der Waals surface area (Å²) in [5.41, 5.74) is 9.43. The molecule has 11 heteroatoms. The minimum atomic E-state index is -0.864. The molecule has 4 atom stereocenters. The number of carbonyl (C=O) groups excluding carboxylic acids is 1. The zero-order chi connectivity index (χ0) is 28.4. The number of nitriles is 1. The molecule has 1 aliphatic carbocycles. The summed E-state index contributed by atoms with van der Waals surface area (Å²) in [5, 5.41) is 10.1. The van der Waals surface area contributed by atoms with Gasteiger partial charge in [0.15, 0.2) is 0 Å². The third-order valence-electron chi connectivity index (χ3n) is 9.82. The Kier molecular flexibility index (Phi) is 6.41. The normalized spacial score (nSPS) is 31.0. The highest BCUT2D eigenvalue weighted by molar-refractivity contribution is 5.94. The van der Waals surface area contributed by atoms with Gasteiger partial charge in [-0.1, -0.05) is 13.0 Å². The van der Waals surface area contributed by atoms with Crippen molar-refractivity contribution in [2.24, 2.45) is 0 Å². The van der Waals surface area contributed by atoms with E-state index < -0.39 is 11.8 Å². The number of carbonyl (C=O) groups is 1. The Balaban J connectivity index is 1.29. The highest BCUT2D eigenvalue weighted by atomic mass is 19.1. The van der Waals surface area contributed by atoms with E-state index in [1.165, 1.54) is 0 Å². The average Bonchev–Trinajstić information content (AvgIpc) is 3.49. The summed E-state index contributed by atoms with van der Waals surface area (Å²) in [4.78, 5) is 26.4. The third-order valence-corrected chi connectivity index (χ3v) is 9.82. The predicted octanol–water partition coefficient (Wildman–Crippen LogP) is 3.11. The number of aromatic nitrogens is 2. The number of morpholine rings is 1. The first-order valence-corrected chi connectivity index (χ1v) is 14.6. The second-order valence-electron chi connectivity index (χ2n) is 12.2. The summed E-state index contributed by atoms with van der Waals surface area (Å²) in [6.07, 6.45) is 3.46. The number of fused-ring (bicyclic) bond motifs is 4. The van der Waals surface area contributed by atoms with Crippen LogP contribution in [0.3, 0.4) is 0 Å². The van der Waals surface area contributed by atoms with Crippen LogP contribution in [0.2, 0.25) is 0 Å². The van der Waals surface area contributed by atoms with Gasteiger partial charge >= 0.3 is 6.01 Å². The molecule has 1 amide bonds. The first kappa shape index (κ1) is 26.6. The Labute approximate surface area is 238 Å². The van der Waals surface area contributed by atoms with Gasteiger partial charge in [-0.3, -0.25) is 14.6 Å². The van der Waals surface area contributed by atoms with Gasteiger partial charge in [0.2, 0.25) is 0 Å². The maximum atomic E-state index is 14.4. The van der Waals surface area contributed by atoms with Crippen LogP contribution in [-0.4, -0.2) is 71.9 Å². The topological polar surface area (TPSA) is 127 Å². The van der Waals surface area contributed by atoms with Crippen molar-refractivity contribution >= 4 is 17.4 Å². The van der Waals surface area contributed by atoms with Crippen molar-refractivity contribution in [2.75, 3.05) is 50.1 Å². The number of ether oxygens (including phenoxy) is 3. The minimum absolute atomic E-state index is 0.0220. The van der Waals surface area contributed by atoms with Gasteiger partial charge in [-0.05, 0) is 49.8 Å². The SMILES string of the molecule is CC1CCC2(Cc3nc(OCC45CCCN4CC(F)C5)nc(N4CCOCC4=O)c3CO2)c2c1ccc(N)c2C#N. The van der Waals surface area contributed by atoms with Gasteiger partial charge in [0.05, 0.1) is 36.6 Å². The largest absolute Gasteiger partial charge is 0.461 e. The molecular weight excluding hydrogens is 527 g/mol. The quantitative estimate of drug-likeness (QED) is 0.559. The molecule has 0 saturated carbocycles. The van der Waals surface area contributed by atoms with E-state index in [9.17, 15) is 14.4 Å². The summed E-state index contributed by atoms with van der Waals surface area (Å²) < 4.78 is 32.7. The standard InChI is InChI=1S/C30H35FN6O4/c1-18-5-7-30(26-20(18)3-4-23(33)21(26)13-32)12-24-22(15-41-30)27(37-9-10-39-16-25(37)38)35-28(34-24)40-17-29-6-2-8-36(29)14-19(31)11-29/h3-4,18-19H,2,5-12,14-17,33H2,1H3. The molecule has 2 aromatic rings. The summed E-state index contributed by atoms with van der Waals surface area (Å²) in [5.74, 6) is 0.552. The van der Waals surface area contributed by atoms with E-state index in [1.54, 1.807) is 11.0 Å². The van der Waals surface area contributed by atoms with Crippen LogP contribution in [-0.2, 0) is 32.9 Å². The first-order chi connectivity index (χ1) is 19.8. The molecule has 2 N–H and O–H groups in total. The fourth-order valence-electron chi connectivity index (χ4n) is 7.71. The Bertz CT molecular complexity index is 1450. The molecular formula is C30H35FN6O4. The lowest BCUT2D eigenvalue weighted by atomic mass is 9.69. The van der Waals surface area contributed by atoms with Gasteiger partial charge in [0.1, 0.15) is 36.9 Å². The van der Waals surface area contributed by atoms with Crippen LogP contribution < -0.4 is 15.4 Å². The van der Waals surface area contributed by atoms with Crippen molar-refractivity contribution in [3.05, 3.63) is 40.1 Å². The number of nitrogens with two attached hydrogens (primary N) is 1. The zero-order valence-electron chi connectivity index (χ0n) is 23.3. The Morgan fingerprint density at radius 2 is 2.15 bits per heavy atom. The fraction of sp³-hybridized carbons (Fsp3) is 0.600. The molecule has 5 heterocycles. The Morgan fingerprint density at radius 1 is 1.27 bits per heavy atom. The summed E-state index contributed by atoms with van der Waals surface area (Å²) in [6.45, 7) is 4.68. The molecule has 0 radical (unpaired) electrons. The van der Waals surface area contributed by atoms with Gasteiger partial charge in [-0.15, -0.1) is 0 Å². The van der Waals surface area contributed by atoms with Gasteiger partial charge in [-0.2, -0.15) is 15.2 Å². The van der Waals surface area contributed by atoms with E-state index in [1.807, 2.05) is 6.07 Å². The molecule has 5 aliphatic rings. The number of nitrogen functional groups attached to an aromatic ring is 1. The molecule has 7 rings (SSSR count). The Morgan fingerprint density at radius 3 is 2.98 bits per heavy atom. The lowest BCUT2D eigenvalue weighted by Crippen LogP contribution is -2.45. The molecule has 1 aromatic carbocycles. The minimum Gasteiger partial charge on any atom is -0.461 e. The van der Waals surface area contributed by atoms with Crippen LogP contribution in [0.25, 0.3) is 0 Å². The van der Waals surface area contributed by atoms with Gasteiger partial charge in [0.25, 0.3) is 5.91 Å². The van der Waals surface area contributed by atoms with Crippen molar-refractivity contribution in [1.82, 2.24) is 14.9 Å². The Hall–Kier alpha value is -3.33. The maximum absolute atomic E-state index is 14.4. The molecule has 0 bridgehead atoms.